The SMILES string of the molecule is CCCOC1=C(c2ccc(S(C)(=O)=O)cc2)C(C)(C)OC1O. The smallest absolute Gasteiger partial charge is 0.215 e. The molecule has 1 aliphatic heterocycles. The molecule has 2 rings (SSSR count). The second-order valence-corrected chi connectivity index (χ2v) is 7.88. The molecule has 0 radical (unpaired) electrons. The average molecular weight is 326 g/mol. The Hall–Kier alpha value is -1.37. The molecule has 5 nitrogen and oxygen atoms in total. The molecular formula is C16H22O5S. The molecule has 1 aliphatic rings. The standard InChI is InChI=1S/C16H22O5S/c1-5-10-20-14-13(16(2,3)21-15(14)17)11-6-8-12(9-7-11)22(4,18)19/h6-9,15,17H,5,10H2,1-4H3. The lowest BCUT2D eigenvalue weighted by atomic mass is 9.92. The number of aliphatic hydroxyl groups excluding tert-OH is 1. The van der Waals surface area contributed by atoms with Crippen LogP contribution in [0, 0.1) is 0 Å². The highest BCUT2D eigenvalue weighted by Gasteiger charge is 2.41. The zero-order valence-electron chi connectivity index (χ0n) is 13.3. The number of hydrogen-bond acceptors (Lipinski definition) is 5. The topological polar surface area (TPSA) is 72.8 Å². The van der Waals surface area contributed by atoms with Crippen molar-refractivity contribution in [2.24, 2.45) is 0 Å². The summed E-state index contributed by atoms with van der Waals surface area (Å²) in [5, 5.41) is 10.1. The fourth-order valence-electron chi connectivity index (χ4n) is 2.53. The summed E-state index contributed by atoms with van der Waals surface area (Å²) >= 11 is 0. The molecule has 0 saturated carbocycles. The molecule has 0 fully saturated rings. The van der Waals surface area contributed by atoms with Gasteiger partial charge in [-0.25, -0.2) is 8.42 Å². The molecule has 1 aromatic rings. The molecule has 0 bridgehead atoms. The number of ether oxygens (including phenoxy) is 2. The van der Waals surface area contributed by atoms with Gasteiger partial charge in [-0.3, -0.25) is 0 Å². The first-order valence-corrected chi connectivity index (χ1v) is 9.10. The molecular weight excluding hydrogens is 304 g/mol. The van der Waals surface area contributed by atoms with Crippen molar-refractivity contribution >= 4 is 15.4 Å². The number of sulfone groups is 1. The highest BCUT2D eigenvalue weighted by molar-refractivity contribution is 7.90. The summed E-state index contributed by atoms with van der Waals surface area (Å²) in [6, 6.07) is 6.53. The zero-order valence-corrected chi connectivity index (χ0v) is 14.1. The lowest BCUT2D eigenvalue weighted by Crippen LogP contribution is -2.24. The van der Waals surface area contributed by atoms with E-state index in [-0.39, 0.29) is 4.90 Å². The highest BCUT2D eigenvalue weighted by atomic mass is 32.2. The van der Waals surface area contributed by atoms with Gasteiger partial charge in [-0.15, -0.1) is 0 Å². The van der Waals surface area contributed by atoms with Gasteiger partial charge in [-0.1, -0.05) is 19.1 Å². The molecule has 1 aromatic carbocycles. The van der Waals surface area contributed by atoms with Crippen molar-refractivity contribution < 1.29 is 23.0 Å². The quantitative estimate of drug-likeness (QED) is 0.899. The Bertz CT molecular complexity index is 671. The Morgan fingerprint density at radius 1 is 1.27 bits per heavy atom. The van der Waals surface area contributed by atoms with Crippen molar-refractivity contribution in [3.8, 4) is 0 Å². The molecule has 1 N–H and O–H groups in total. The van der Waals surface area contributed by atoms with Gasteiger partial charge in [0.1, 0.15) is 0 Å². The molecule has 0 spiro atoms. The van der Waals surface area contributed by atoms with Crippen LogP contribution < -0.4 is 0 Å². The average Bonchev–Trinajstić information content (AvgIpc) is 2.64. The van der Waals surface area contributed by atoms with E-state index in [0.29, 0.717) is 12.4 Å². The first-order valence-electron chi connectivity index (χ1n) is 7.20. The van der Waals surface area contributed by atoms with E-state index >= 15 is 0 Å². The van der Waals surface area contributed by atoms with E-state index < -0.39 is 21.7 Å². The minimum absolute atomic E-state index is 0.255. The van der Waals surface area contributed by atoms with Gasteiger partial charge in [-0.2, -0.15) is 0 Å². The normalized spacial score (nSPS) is 21.2. The van der Waals surface area contributed by atoms with Crippen LogP contribution in [-0.2, 0) is 19.3 Å². The van der Waals surface area contributed by atoms with Gasteiger partial charge < -0.3 is 14.6 Å². The first-order chi connectivity index (χ1) is 10.2. The third kappa shape index (κ3) is 3.34. The minimum atomic E-state index is -3.24. The molecule has 1 heterocycles. The van der Waals surface area contributed by atoms with Crippen LogP contribution in [0.5, 0.6) is 0 Å². The Balaban J connectivity index is 2.47. The predicted molar refractivity (Wildman–Crippen MR) is 83.9 cm³/mol. The van der Waals surface area contributed by atoms with Gasteiger partial charge in [-0.05, 0) is 38.0 Å². The first kappa shape index (κ1) is 17.0. The monoisotopic (exact) mass is 326 g/mol. The Kier molecular flexibility index (Phi) is 4.65. The fourth-order valence-corrected chi connectivity index (χ4v) is 3.16. The Morgan fingerprint density at radius 2 is 1.86 bits per heavy atom. The Labute approximate surface area is 131 Å². The molecule has 0 aliphatic carbocycles. The summed E-state index contributed by atoms with van der Waals surface area (Å²) in [6.07, 6.45) is 0.881. The van der Waals surface area contributed by atoms with Crippen LogP contribution in [0.15, 0.2) is 34.9 Å². The minimum Gasteiger partial charge on any atom is -0.492 e. The number of hydrogen-bond donors (Lipinski definition) is 1. The van der Waals surface area contributed by atoms with Crippen molar-refractivity contribution in [3.63, 3.8) is 0 Å². The van der Waals surface area contributed by atoms with Crippen molar-refractivity contribution in [3.05, 3.63) is 35.6 Å². The number of aliphatic hydroxyl groups is 1. The van der Waals surface area contributed by atoms with Crippen LogP contribution in [-0.4, -0.2) is 38.3 Å². The van der Waals surface area contributed by atoms with Gasteiger partial charge in [0.25, 0.3) is 0 Å². The van der Waals surface area contributed by atoms with E-state index in [9.17, 15) is 13.5 Å². The summed E-state index contributed by atoms with van der Waals surface area (Å²) in [6.45, 7) is 6.15. The van der Waals surface area contributed by atoms with Crippen LogP contribution >= 0.6 is 0 Å². The summed E-state index contributed by atoms with van der Waals surface area (Å²) in [5.74, 6) is 0.402. The lowest BCUT2D eigenvalue weighted by molar-refractivity contribution is -0.128. The van der Waals surface area contributed by atoms with E-state index in [1.165, 1.54) is 6.26 Å². The maximum atomic E-state index is 11.5. The predicted octanol–water partition coefficient (Wildman–Crippen LogP) is 2.36. The van der Waals surface area contributed by atoms with Crippen molar-refractivity contribution in [1.82, 2.24) is 0 Å². The largest absolute Gasteiger partial charge is 0.492 e. The Morgan fingerprint density at radius 3 is 2.36 bits per heavy atom. The molecule has 1 atom stereocenters. The van der Waals surface area contributed by atoms with Crippen molar-refractivity contribution in [2.75, 3.05) is 12.9 Å². The number of rotatable bonds is 5. The molecule has 6 heteroatoms. The van der Waals surface area contributed by atoms with Gasteiger partial charge in [0.05, 0.1) is 17.1 Å². The molecule has 1 unspecified atom stereocenters. The van der Waals surface area contributed by atoms with Crippen LogP contribution in [0.4, 0.5) is 0 Å². The van der Waals surface area contributed by atoms with E-state index in [4.69, 9.17) is 9.47 Å². The lowest BCUT2D eigenvalue weighted by Gasteiger charge is -2.22. The summed E-state index contributed by atoms with van der Waals surface area (Å²) in [5.41, 5.74) is 0.809. The number of benzene rings is 1. The molecule has 0 aromatic heterocycles. The fraction of sp³-hybridized carbons (Fsp3) is 0.500. The second kappa shape index (κ2) is 6.02. The third-order valence-electron chi connectivity index (χ3n) is 3.51. The van der Waals surface area contributed by atoms with Crippen molar-refractivity contribution in [2.45, 2.75) is 44.0 Å². The van der Waals surface area contributed by atoms with Gasteiger partial charge in [0.15, 0.2) is 15.6 Å². The third-order valence-corrected chi connectivity index (χ3v) is 4.64. The van der Waals surface area contributed by atoms with Crippen molar-refractivity contribution in [1.29, 1.82) is 0 Å². The molecule has 0 saturated heterocycles. The highest BCUT2D eigenvalue weighted by Crippen LogP contribution is 2.42. The molecule has 0 amide bonds. The maximum absolute atomic E-state index is 11.5. The van der Waals surface area contributed by atoms with E-state index in [1.54, 1.807) is 24.3 Å². The zero-order chi connectivity index (χ0) is 16.5. The van der Waals surface area contributed by atoms with Crippen LogP contribution in [0.25, 0.3) is 5.57 Å². The molecule has 122 valence electrons. The van der Waals surface area contributed by atoms with E-state index in [1.807, 2.05) is 20.8 Å². The van der Waals surface area contributed by atoms with Gasteiger partial charge >= 0.3 is 0 Å². The van der Waals surface area contributed by atoms with E-state index in [2.05, 4.69) is 0 Å². The van der Waals surface area contributed by atoms with Crippen LogP contribution in [0.3, 0.4) is 0 Å². The summed E-state index contributed by atoms with van der Waals surface area (Å²) in [7, 11) is -3.24. The second-order valence-electron chi connectivity index (χ2n) is 5.86. The van der Waals surface area contributed by atoms with Crippen LogP contribution in [0.2, 0.25) is 0 Å². The maximum Gasteiger partial charge on any atom is 0.215 e. The van der Waals surface area contributed by atoms with Gasteiger partial charge in [0.2, 0.25) is 6.29 Å². The summed E-state index contributed by atoms with van der Waals surface area (Å²) in [4.78, 5) is 0.255. The summed E-state index contributed by atoms with van der Waals surface area (Å²) < 4.78 is 34.3. The van der Waals surface area contributed by atoms with Crippen LogP contribution in [0.1, 0.15) is 32.8 Å². The molecule has 22 heavy (non-hydrogen) atoms. The van der Waals surface area contributed by atoms with Gasteiger partial charge in [0, 0.05) is 11.8 Å². The van der Waals surface area contributed by atoms with E-state index in [0.717, 1.165) is 17.6 Å².